The third-order valence-electron chi connectivity index (χ3n) is 3.35. The Balaban J connectivity index is 1.93. The van der Waals surface area contributed by atoms with Crippen molar-refractivity contribution < 1.29 is 14.3 Å². The first-order valence-corrected chi connectivity index (χ1v) is 5.13. The van der Waals surface area contributed by atoms with Crippen LogP contribution in [-0.4, -0.2) is 42.0 Å². The van der Waals surface area contributed by atoms with Crippen LogP contribution < -0.4 is 5.73 Å². The number of hydrogen-bond donors (Lipinski definition) is 1. The summed E-state index contributed by atoms with van der Waals surface area (Å²) in [6.07, 6.45) is 3.37. The average Bonchev–Trinajstić information content (AvgIpc) is 2.87. The van der Waals surface area contributed by atoms with Gasteiger partial charge in [0.05, 0.1) is 24.0 Å². The second-order valence-corrected chi connectivity index (χ2v) is 4.12. The van der Waals surface area contributed by atoms with Gasteiger partial charge in [-0.25, -0.2) is 0 Å². The maximum atomic E-state index is 11.9. The molecule has 0 aromatic heterocycles. The standard InChI is InChI=1S/C10H12N2O3/c11-3-4-12-9(13)7-5-1-2-6(15-5)8(7)10(12)14/h1-2,5-8H,3-4,11H2/t5?,6?,7-,8+. The maximum Gasteiger partial charge on any atom is 0.236 e. The molecular formula is C10H12N2O3. The van der Waals surface area contributed by atoms with Gasteiger partial charge in [-0.3, -0.25) is 14.5 Å². The topological polar surface area (TPSA) is 72.6 Å². The number of nitrogens with two attached hydrogens (primary N) is 1. The number of imide groups is 1. The van der Waals surface area contributed by atoms with Crippen LogP contribution in [0.2, 0.25) is 0 Å². The van der Waals surface area contributed by atoms with Crippen LogP contribution in [0.4, 0.5) is 0 Å². The second kappa shape index (κ2) is 2.90. The molecule has 0 aliphatic carbocycles. The van der Waals surface area contributed by atoms with Crippen molar-refractivity contribution in [3.63, 3.8) is 0 Å². The highest BCUT2D eigenvalue weighted by Gasteiger charge is 2.60. The lowest BCUT2D eigenvalue weighted by atomic mass is 9.85. The van der Waals surface area contributed by atoms with Crippen molar-refractivity contribution in [2.24, 2.45) is 17.6 Å². The average molecular weight is 208 g/mol. The molecule has 2 fully saturated rings. The summed E-state index contributed by atoms with van der Waals surface area (Å²) in [5, 5.41) is 0. The van der Waals surface area contributed by atoms with Gasteiger partial charge in [-0.05, 0) is 0 Å². The molecule has 2 saturated heterocycles. The molecule has 0 aromatic rings. The zero-order valence-corrected chi connectivity index (χ0v) is 8.13. The predicted molar refractivity (Wildman–Crippen MR) is 50.6 cm³/mol. The first-order chi connectivity index (χ1) is 7.24. The summed E-state index contributed by atoms with van der Waals surface area (Å²) >= 11 is 0. The number of likely N-dealkylation sites (tertiary alicyclic amines) is 1. The third kappa shape index (κ3) is 0.992. The van der Waals surface area contributed by atoms with Crippen LogP contribution in [0.1, 0.15) is 0 Å². The van der Waals surface area contributed by atoms with Gasteiger partial charge < -0.3 is 10.5 Å². The SMILES string of the molecule is NCCN1C(=O)[C@@H]2C3C=CC(O3)[C@@H]2C1=O. The van der Waals surface area contributed by atoms with E-state index in [1.165, 1.54) is 4.90 Å². The van der Waals surface area contributed by atoms with E-state index in [9.17, 15) is 9.59 Å². The lowest BCUT2D eigenvalue weighted by molar-refractivity contribution is -0.142. The summed E-state index contributed by atoms with van der Waals surface area (Å²) < 4.78 is 5.50. The zero-order valence-electron chi connectivity index (χ0n) is 8.13. The van der Waals surface area contributed by atoms with Crippen molar-refractivity contribution in [1.29, 1.82) is 0 Å². The minimum absolute atomic E-state index is 0.118. The Morgan fingerprint density at radius 2 is 1.73 bits per heavy atom. The quantitative estimate of drug-likeness (QED) is 0.461. The van der Waals surface area contributed by atoms with Gasteiger partial charge >= 0.3 is 0 Å². The summed E-state index contributed by atoms with van der Waals surface area (Å²) in [4.78, 5) is 25.1. The van der Waals surface area contributed by atoms with E-state index in [-0.39, 0.29) is 35.9 Å². The number of rotatable bonds is 2. The Bertz CT molecular complexity index is 336. The van der Waals surface area contributed by atoms with Gasteiger partial charge in [0.25, 0.3) is 0 Å². The van der Waals surface area contributed by atoms with E-state index >= 15 is 0 Å². The number of carbonyl (C=O) groups is 2. The van der Waals surface area contributed by atoms with E-state index in [1.807, 2.05) is 12.2 Å². The van der Waals surface area contributed by atoms with E-state index in [2.05, 4.69) is 0 Å². The molecule has 0 spiro atoms. The minimum atomic E-state index is -0.293. The maximum absolute atomic E-state index is 11.9. The van der Waals surface area contributed by atoms with Crippen LogP contribution in [0.15, 0.2) is 12.2 Å². The summed E-state index contributed by atoms with van der Waals surface area (Å²) in [5.41, 5.74) is 5.38. The highest BCUT2D eigenvalue weighted by Crippen LogP contribution is 2.44. The molecule has 3 aliphatic rings. The molecule has 3 aliphatic heterocycles. The summed E-state index contributed by atoms with van der Waals surface area (Å²) in [6.45, 7) is 0.643. The van der Waals surface area contributed by atoms with E-state index in [4.69, 9.17) is 10.5 Å². The van der Waals surface area contributed by atoms with Gasteiger partial charge in [0.2, 0.25) is 11.8 Å². The highest BCUT2D eigenvalue weighted by molar-refractivity contribution is 6.06. The fourth-order valence-corrected chi connectivity index (χ4v) is 2.71. The van der Waals surface area contributed by atoms with Crippen LogP contribution in [-0.2, 0) is 14.3 Å². The largest absolute Gasteiger partial charge is 0.365 e. The second-order valence-electron chi connectivity index (χ2n) is 4.12. The van der Waals surface area contributed by atoms with E-state index in [0.717, 1.165) is 0 Å². The van der Waals surface area contributed by atoms with E-state index in [1.54, 1.807) is 0 Å². The van der Waals surface area contributed by atoms with Gasteiger partial charge in [0, 0.05) is 13.1 Å². The normalized spacial score (nSPS) is 41.8. The van der Waals surface area contributed by atoms with E-state index in [0.29, 0.717) is 13.1 Å². The minimum Gasteiger partial charge on any atom is -0.365 e. The number of nitrogens with zero attached hydrogens (tertiary/aromatic N) is 1. The summed E-state index contributed by atoms with van der Waals surface area (Å²) in [5.74, 6) is -0.822. The van der Waals surface area contributed by atoms with Gasteiger partial charge in [0.1, 0.15) is 0 Å². The van der Waals surface area contributed by atoms with Crippen molar-refractivity contribution in [2.75, 3.05) is 13.1 Å². The lowest BCUT2D eigenvalue weighted by Crippen LogP contribution is -2.37. The number of carbonyl (C=O) groups excluding carboxylic acids is 2. The number of ether oxygens (including phenoxy) is 1. The third-order valence-corrected chi connectivity index (χ3v) is 3.35. The van der Waals surface area contributed by atoms with Crippen molar-refractivity contribution in [1.82, 2.24) is 4.90 Å². The Kier molecular flexibility index (Phi) is 1.75. The molecule has 2 unspecified atom stereocenters. The van der Waals surface area contributed by atoms with Crippen molar-refractivity contribution >= 4 is 11.8 Å². The molecule has 3 heterocycles. The molecule has 4 atom stereocenters. The molecule has 2 amide bonds. The monoisotopic (exact) mass is 208 g/mol. The molecule has 0 aromatic carbocycles. The fourth-order valence-electron chi connectivity index (χ4n) is 2.71. The number of hydrogen-bond acceptors (Lipinski definition) is 4. The van der Waals surface area contributed by atoms with Crippen molar-refractivity contribution in [2.45, 2.75) is 12.2 Å². The predicted octanol–water partition coefficient (Wildman–Crippen LogP) is -1.12. The Morgan fingerprint density at radius 1 is 1.20 bits per heavy atom. The van der Waals surface area contributed by atoms with Crippen LogP contribution in [0.5, 0.6) is 0 Å². The van der Waals surface area contributed by atoms with Crippen LogP contribution in [0.3, 0.4) is 0 Å². The smallest absolute Gasteiger partial charge is 0.236 e. The van der Waals surface area contributed by atoms with Crippen LogP contribution in [0, 0.1) is 11.8 Å². The molecular weight excluding hydrogens is 196 g/mol. The first-order valence-electron chi connectivity index (χ1n) is 5.13. The Labute approximate surface area is 86.9 Å². The number of fused-ring (bicyclic) bond motifs is 5. The fraction of sp³-hybridized carbons (Fsp3) is 0.600. The van der Waals surface area contributed by atoms with Crippen molar-refractivity contribution in [3.05, 3.63) is 12.2 Å². The van der Waals surface area contributed by atoms with Crippen LogP contribution in [0.25, 0.3) is 0 Å². The Hall–Kier alpha value is -1.20. The molecule has 3 rings (SSSR count). The van der Waals surface area contributed by atoms with Crippen LogP contribution >= 0.6 is 0 Å². The van der Waals surface area contributed by atoms with E-state index < -0.39 is 0 Å². The molecule has 80 valence electrons. The Morgan fingerprint density at radius 3 is 2.20 bits per heavy atom. The summed E-state index contributed by atoms with van der Waals surface area (Å²) in [6, 6.07) is 0. The molecule has 0 saturated carbocycles. The van der Waals surface area contributed by atoms with Gasteiger partial charge in [-0.15, -0.1) is 0 Å². The first kappa shape index (κ1) is 9.06. The summed E-state index contributed by atoms with van der Waals surface area (Å²) in [7, 11) is 0. The van der Waals surface area contributed by atoms with Gasteiger partial charge in [0.15, 0.2) is 0 Å². The van der Waals surface area contributed by atoms with Gasteiger partial charge in [-0.1, -0.05) is 12.2 Å². The molecule has 2 bridgehead atoms. The molecule has 5 heteroatoms. The zero-order chi connectivity index (χ0) is 10.6. The molecule has 2 N–H and O–H groups in total. The molecule has 0 radical (unpaired) electrons. The molecule has 5 nitrogen and oxygen atoms in total. The van der Waals surface area contributed by atoms with Crippen molar-refractivity contribution in [3.8, 4) is 0 Å². The van der Waals surface area contributed by atoms with Gasteiger partial charge in [-0.2, -0.15) is 0 Å². The lowest BCUT2D eigenvalue weighted by Gasteiger charge is -2.15. The highest BCUT2D eigenvalue weighted by atomic mass is 16.5. The number of amides is 2. The molecule has 15 heavy (non-hydrogen) atoms.